The number of nitrogens with zero attached hydrogens (tertiary/aromatic N) is 2. The normalized spacial score (nSPS) is 15.1. The third-order valence-electron chi connectivity index (χ3n) is 4.33. The summed E-state index contributed by atoms with van der Waals surface area (Å²) >= 11 is 0. The van der Waals surface area contributed by atoms with E-state index in [1.807, 2.05) is 0 Å². The smallest absolute Gasteiger partial charge is 0.341 e. The highest BCUT2D eigenvalue weighted by molar-refractivity contribution is 5.92. The van der Waals surface area contributed by atoms with Crippen LogP contribution in [-0.2, 0) is 0 Å². The van der Waals surface area contributed by atoms with Gasteiger partial charge in [-0.15, -0.1) is 0 Å². The van der Waals surface area contributed by atoms with Crippen molar-refractivity contribution in [3.63, 3.8) is 0 Å². The van der Waals surface area contributed by atoms with Crippen molar-refractivity contribution in [1.29, 1.82) is 0 Å². The molecule has 2 aromatic rings. The van der Waals surface area contributed by atoms with E-state index < -0.39 is 17.4 Å². The Hall–Kier alpha value is -3.16. The van der Waals surface area contributed by atoms with E-state index in [2.05, 4.69) is 0 Å². The molecule has 0 spiro atoms. The second-order valence-electron chi connectivity index (χ2n) is 6.40. The van der Waals surface area contributed by atoms with Crippen LogP contribution in [0.25, 0.3) is 0 Å². The molecular weight excluding hydrogens is 350 g/mol. The molecule has 0 bridgehead atoms. The first-order valence-corrected chi connectivity index (χ1v) is 8.35. The van der Waals surface area contributed by atoms with Gasteiger partial charge in [0.25, 0.3) is 17.0 Å². The van der Waals surface area contributed by atoms with Gasteiger partial charge in [0.05, 0.1) is 0 Å². The summed E-state index contributed by atoms with van der Waals surface area (Å²) in [6, 6.07) is 6.59. The topological polar surface area (TPSA) is 124 Å². The number of pyridine rings is 2. The number of carbonyl (C=O) groups is 2. The highest BCUT2D eigenvalue weighted by atomic mass is 16.4. The number of aromatic carboxylic acids is 1. The summed E-state index contributed by atoms with van der Waals surface area (Å²) in [5, 5.41) is 8.68. The second-order valence-corrected chi connectivity index (χ2v) is 6.40. The largest absolute Gasteiger partial charge is 0.477 e. The number of hydrogen-bond donors (Lipinski definition) is 2. The fraction of sp³-hybridized carbons (Fsp3) is 0.368. The first-order valence-electron chi connectivity index (χ1n) is 8.35. The van der Waals surface area contributed by atoms with Gasteiger partial charge in [-0.1, -0.05) is 7.43 Å². The predicted molar refractivity (Wildman–Crippen MR) is 100 cm³/mol. The third-order valence-corrected chi connectivity index (χ3v) is 4.33. The van der Waals surface area contributed by atoms with E-state index in [1.54, 1.807) is 29.1 Å². The SMILES string of the molecule is C.NC(=O)c1cccn(C2CC2)c1=O.O=C(O)c1cccn(C2CC2)c1=O. The van der Waals surface area contributed by atoms with Crippen LogP contribution in [0.5, 0.6) is 0 Å². The fourth-order valence-corrected chi connectivity index (χ4v) is 2.65. The van der Waals surface area contributed by atoms with Crippen LogP contribution in [0.1, 0.15) is 65.9 Å². The lowest BCUT2D eigenvalue weighted by molar-refractivity contribution is 0.0694. The molecule has 0 atom stereocenters. The van der Waals surface area contributed by atoms with Crippen molar-refractivity contribution in [2.24, 2.45) is 5.73 Å². The van der Waals surface area contributed by atoms with E-state index in [-0.39, 0.29) is 36.2 Å². The summed E-state index contributed by atoms with van der Waals surface area (Å²) in [7, 11) is 0. The van der Waals surface area contributed by atoms with Gasteiger partial charge in [0.2, 0.25) is 0 Å². The molecule has 2 fully saturated rings. The van der Waals surface area contributed by atoms with Crippen LogP contribution in [0.15, 0.2) is 46.2 Å². The third kappa shape index (κ3) is 4.52. The Labute approximate surface area is 155 Å². The molecule has 0 radical (unpaired) electrons. The van der Waals surface area contributed by atoms with Crippen molar-refractivity contribution in [2.45, 2.75) is 45.2 Å². The number of primary amides is 1. The highest BCUT2D eigenvalue weighted by Crippen LogP contribution is 2.33. The molecule has 2 aliphatic rings. The number of carboxylic acid groups (broad SMARTS) is 1. The molecule has 2 aliphatic carbocycles. The Morgan fingerprint density at radius 1 is 0.889 bits per heavy atom. The number of carbonyl (C=O) groups excluding carboxylic acids is 1. The Morgan fingerprint density at radius 2 is 1.30 bits per heavy atom. The van der Waals surface area contributed by atoms with Gasteiger partial charge >= 0.3 is 5.97 Å². The minimum absolute atomic E-state index is 0. The van der Waals surface area contributed by atoms with Crippen LogP contribution in [0.4, 0.5) is 0 Å². The zero-order chi connectivity index (χ0) is 18.8. The zero-order valence-corrected chi connectivity index (χ0v) is 14.0. The summed E-state index contributed by atoms with van der Waals surface area (Å²) in [6.07, 6.45) is 7.33. The van der Waals surface area contributed by atoms with Gasteiger partial charge in [-0.05, 0) is 49.9 Å². The Balaban J connectivity index is 0.000000187. The van der Waals surface area contributed by atoms with Crippen molar-refractivity contribution < 1.29 is 14.7 Å². The van der Waals surface area contributed by atoms with Crippen LogP contribution in [-0.4, -0.2) is 26.1 Å². The summed E-state index contributed by atoms with van der Waals surface area (Å²) in [6.45, 7) is 0. The van der Waals surface area contributed by atoms with E-state index in [0.29, 0.717) is 0 Å². The Bertz CT molecular complexity index is 888. The molecule has 2 heterocycles. The molecule has 2 saturated carbocycles. The van der Waals surface area contributed by atoms with Gasteiger partial charge in [-0.25, -0.2) is 4.79 Å². The molecule has 4 rings (SSSR count). The minimum Gasteiger partial charge on any atom is -0.477 e. The van der Waals surface area contributed by atoms with E-state index in [0.717, 1.165) is 25.7 Å². The summed E-state index contributed by atoms with van der Waals surface area (Å²) in [5.74, 6) is -1.81. The fourth-order valence-electron chi connectivity index (χ4n) is 2.65. The Kier molecular flexibility index (Phi) is 5.99. The minimum atomic E-state index is -1.15. The van der Waals surface area contributed by atoms with E-state index in [1.165, 1.54) is 16.7 Å². The summed E-state index contributed by atoms with van der Waals surface area (Å²) in [4.78, 5) is 44.5. The van der Waals surface area contributed by atoms with Gasteiger partial charge in [0.1, 0.15) is 11.1 Å². The van der Waals surface area contributed by atoms with E-state index in [9.17, 15) is 19.2 Å². The van der Waals surface area contributed by atoms with Crippen molar-refractivity contribution in [3.8, 4) is 0 Å². The first-order chi connectivity index (χ1) is 12.4. The molecule has 27 heavy (non-hydrogen) atoms. The summed E-state index contributed by atoms with van der Waals surface area (Å²) < 4.78 is 3.09. The number of carboxylic acids is 1. The lowest BCUT2D eigenvalue weighted by Crippen LogP contribution is -2.28. The van der Waals surface area contributed by atoms with Gasteiger partial charge in [-0.2, -0.15) is 0 Å². The van der Waals surface area contributed by atoms with Crippen molar-refractivity contribution in [3.05, 3.63) is 68.5 Å². The van der Waals surface area contributed by atoms with Crippen LogP contribution < -0.4 is 16.9 Å². The van der Waals surface area contributed by atoms with Crippen LogP contribution in [0, 0.1) is 0 Å². The lowest BCUT2D eigenvalue weighted by Gasteiger charge is -2.03. The molecular formula is C19H23N3O5. The van der Waals surface area contributed by atoms with Gasteiger partial charge in [0, 0.05) is 24.5 Å². The molecule has 3 N–H and O–H groups in total. The number of aromatic nitrogens is 2. The highest BCUT2D eigenvalue weighted by Gasteiger charge is 2.26. The monoisotopic (exact) mass is 373 g/mol. The second kappa shape index (κ2) is 8.03. The quantitative estimate of drug-likeness (QED) is 0.845. The molecule has 0 aliphatic heterocycles. The number of nitrogens with two attached hydrogens (primary N) is 1. The van der Waals surface area contributed by atoms with Gasteiger partial charge in [-0.3, -0.25) is 14.4 Å². The molecule has 1 amide bonds. The number of rotatable bonds is 4. The van der Waals surface area contributed by atoms with Crippen LogP contribution in [0.3, 0.4) is 0 Å². The van der Waals surface area contributed by atoms with Crippen molar-refractivity contribution >= 4 is 11.9 Å². The molecule has 8 nitrogen and oxygen atoms in total. The molecule has 8 heteroatoms. The number of amides is 1. The molecule has 2 aromatic heterocycles. The number of hydrogen-bond acceptors (Lipinski definition) is 4. The van der Waals surface area contributed by atoms with Crippen LogP contribution in [0.2, 0.25) is 0 Å². The van der Waals surface area contributed by atoms with Gasteiger partial charge in [0.15, 0.2) is 0 Å². The first kappa shape index (κ1) is 20.2. The standard InChI is InChI=1S/C9H10N2O2.C9H9NO3.CH4/c10-8(12)7-2-1-5-11(9(7)13)6-3-4-6;11-8-7(9(12)13)2-1-5-10(8)6-3-4-6;/h1-2,5-6H,3-4H2,(H2,10,12);1-2,5-6H,3-4H2,(H,12,13);1H4. The zero-order valence-electron chi connectivity index (χ0n) is 14.0. The van der Waals surface area contributed by atoms with Crippen molar-refractivity contribution in [1.82, 2.24) is 9.13 Å². The maximum Gasteiger partial charge on any atom is 0.341 e. The van der Waals surface area contributed by atoms with Crippen LogP contribution >= 0.6 is 0 Å². The van der Waals surface area contributed by atoms with E-state index in [4.69, 9.17) is 10.8 Å². The average molecular weight is 373 g/mol. The molecule has 0 saturated heterocycles. The average Bonchev–Trinajstić information content (AvgIpc) is 3.47. The summed E-state index contributed by atoms with van der Waals surface area (Å²) in [5.41, 5.74) is 4.33. The molecule has 144 valence electrons. The Morgan fingerprint density at radius 3 is 1.67 bits per heavy atom. The predicted octanol–water partition coefficient (Wildman–Crippen LogP) is 1.80. The lowest BCUT2D eigenvalue weighted by atomic mass is 10.2. The van der Waals surface area contributed by atoms with E-state index >= 15 is 0 Å². The van der Waals surface area contributed by atoms with Gasteiger partial charge < -0.3 is 20.0 Å². The molecule has 0 aromatic carbocycles. The molecule has 0 unspecified atom stereocenters. The maximum absolute atomic E-state index is 11.6. The maximum atomic E-state index is 11.6. The van der Waals surface area contributed by atoms with Crippen molar-refractivity contribution in [2.75, 3.05) is 0 Å².